The maximum Gasteiger partial charge on any atom is 0.239 e. The molecular formula is C16H19N3O3S. The lowest BCUT2D eigenvalue weighted by molar-refractivity contribution is -0.132. The van der Waals surface area contributed by atoms with Gasteiger partial charge in [-0.1, -0.05) is 30.3 Å². The van der Waals surface area contributed by atoms with Crippen LogP contribution in [0.15, 0.2) is 30.3 Å². The fourth-order valence-corrected chi connectivity index (χ4v) is 3.72. The summed E-state index contributed by atoms with van der Waals surface area (Å²) >= 11 is 1.51. The first-order valence-corrected chi connectivity index (χ1v) is 8.74. The van der Waals surface area contributed by atoms with Gasteiger partial charge in [0, 0.05) is 19.5 Å². The predicted molar refractivity (Wildman–Crippen MR) is 87.4 cm³/mol. The van der Waals surface area contributed by atoms with E-state index in [-0.39, 0.29) is 30.3 Å². The number of hydrogen-bond donors (Lipinski definition) is 1. The molecule has 2 saturated heterocycles. The summed E-state index contributed by atoms with van der Waals surface area (Å²) in [6.07, 6.45) is 0.321. The summed E-state index contributed by atoms with van der Waals surface area (Å²) in [4.78, 5) is 38.9. The second kappa shape index (κ2) is 7.04. The van der Waals surface area contributed by atoms with Crippen molar-refractivity contribution in [3.8, 4) is 0 Å². The third-order valence-electron chi connectivity index (χ3n) is 3.96. The van der Waals surface area contributed by atoms with E-state index in [2.05, 4.69) is 5.32 Å². The quantitative estimate of drug-likeness (QED) is 0.849. The van der Waals surface area contributed by atoms with Crippen LogP contribution in [0.1, 0.15) is 12.0 Å². The first kappa shape index (κ1) is 15.9. The number of carbonyl (C=O) groups excluding carboxylic acids is 3. The Labute approximate surface area is 139 Å². The average molecular weight is 333 g/mol. The molecule has 0 radical (unpaired) electrons. The summed E-state index contributed by atoms with van der Waals surface area (Å²) in [6, 6.07) is 9.62. The number of amides is 3. The maximum atomic E-state index is 12.1. The molecule has 122 valence electrons. The van der Waals surface area contributed by atoms with Gasteiger partial charge in [0.15, 0.2) is 0 Å². The van der Waals surface area contributed by atoms with Gasteiger partial charge in [-0.05, 0) is 5.56 Å². The number of benzene rings is 1. The van der Waals surface area contributed by atoms with E-state index in [1.54, 1.807) is 9.80 Å². The molecule has 1 aromatic rings. The second-order valence-electron chi connectivity index (χ2n) is 5.80. The molecule has 0 spiro atoms. The normalized spacial score (nSPS) is 21.1. The van der Waals surface area contributed by atoms with Crippen LogP contribution >= 0.6 is 11.8 Å². The minimum atomic E-state index is -0.194. The van der Waals surface area contributed by atoms with Crippen molar-refractivity contribution in [2.24, 2.45) is 0 Å². The van der Waals surface area contributed by atoms with E-state index in [1.165, 1.54) is 11.8 Å². The van der Waals surface area contributed by atoms with Gasteiger partial charge in [0.2, 0.25) is 17.7 Å². The van der Waals surface area contributed by atoms with Gasteiger partial charge in [0.1, 0.15) is 6.54 Å². The zero-order chi connectivity index (χ0) is 16.2. The summed E-state index contributed by atoms with van der Waals surface area (Å²) in [5, 5.41) is 2.87. The van der Waals surface area contributed by atoms with E-state index in [0.717, 1.165) is 5.56 Å². The number of nitrogens with zero attached hydrogens (tertiary/aromatic N) is 2. The van der Waals surface area contributed by atoms with Crippen molar-refractivity contribution in [3.63, 3.8) is 0 Å². The molecule has 0 bridgehead atoms. The van der Waals surface area contributed by atoms with E-state index in [4.69, 9.17) is 0 Å². The average Bonchev–Trinajstić information content (AvgIpc) is 3.07. The van der Waals surface area contributed by atoms with Crippen LogP contribution in [-0.4, -0.2) is 58.3 Å². The summed E-state index contributed by atoms with van der Waals surface area (Å²) in [5.74, 6) is 0.862. The van der Waals surface area contributed by atoms with Crippen molar-refractivity contribution in [3.05, 3.63) is 35.9 Å². The molecule has 7 heteroatoms. The topological polar surface area (TPSA) is 69.7 Å². The third-order valence-corrected chi connectivity index (χ3v) is 4.90. The highest BCUT2D eigenvalue weighted by atomic mass is 32.2. The molecule has 2 fully saturated rings. The van der Waals surface area contributed by atoms with Crippen LogP contribution in [0.5, 0.6) is 0 Å². The van der Waals surface area contributed by atoms with Gasteiger partial charge in [-0.15, -0.1) is 11.8 Å². The molecule has 0 aromatic heterocycles. The van der Waals surface area contributed by atoms with E-state index < -0.39 is 0 Å². The van der Waals surface area contributed by atoms with Crippen LogP contribution in [0.4, 0.5) is 0 Å². The molecule has 2 heterocycles. The Hall–Kier alpha value is -2.02. The highest BCUT2D eigenvalue weighted by Gasteiger charge is 2.31. The molecule has 2 aliphatic rings. The lowest BCUT2D eigenvalue weighted by Gasteiger charge is -2.19. The van der Waals surface area contributed by atoms with Gasteiger partial charge >= 0.3 is 0 Å². The second-order valence-corrected chi connectivity index (χ2v) is 6.75. The summed E-state index contributed by atoms with van der Waals surface area (Å²) in [6.45, 7) is 1.16. The van der Waals surface area contributed by atoms with Crippen molar-refractivity contribution in [2.75, 3.05) is 24.7 Å². The molecule has 3 rings (SSSR count). The molecule has 0 aliphatic carbocycles. The first-order chi connectivity index (χ1) is 11.1. The first-order valence-electron chi connectivity index (χ1n) is 7.58. The lowest BCUT2D eigenvalue weighted by Crippen LogP contribution is -2.43. The van der Waals surface area contributed by atoms with Crippen molar-refractivity contribution < 1.29 is 14.4 Å². The largest absolute Gasteiger partial charge is 0.350 e. The van der Waals surface area contributed by atoms with Crippen molar-refractivity contribution in [1.82, 2.24) is 15.1 Å². The Morgan fingerprint density at radius 1 is 1.17 bits per heavy atom. The number of nitrogens with one attached hydrogen (secondary N) is 1. The zero-order valence-corrected chi connectivity index (χ0v) is 13.6. The number of hydrogen-bond acceptors (Lipinski definition) is 4. The molecule has 1 aromatic carbocycles. The Bertz CT molecular complexity index is 608. The zero-order valence-electron chi connectivity index (χ0n) is 12.7. The van der Waals surface area contributed by atoms with Crippen LogP contribution in [0, 0.1) is 0 Å². The molecule has 1 N–H and O–H groups in total. The van der Waals surface area contributed by atoms with Gasteiger partial charge < -0.3 is 15.1 Å². The third kappa shape index (κ3) is 4.04. The number of thioether (sulfide) groups is 1. The van der Waals surface area contributed by atoms with Crippen molar-refractivity contribution in [2.45, 2.75) is 19.0 Å². The van der Waals surface area contributed by atoms with E-state index in [0.29, 0.717) is 31.1 Å². The number of likely N-dealkylation sites (tertiary alicyclic amines) is 1. The van der Waals surface area contributed by atoms with Gasteiger partial charge in [-0.3, -0.25) is 14.4 Å². The van der Waals surface area contributed by atoms with Gasteiger partial charge in [-0.2, -0.15) is 0 Å². The van der Waals surface area contributed by atoms with E-state index in [1.807, 2.05) is 30.3 Å². The van der Waals surface area contributed by atoms with Gasteiger partial charge in [-0.25, -0.2) is 0 Å². The molecule has 1 unspecified atom stereocenters. The van der Waals surface area contributed by atoms with E-state index >= 15 is 0 Å². The monoisotopic (exact) mass is 333 g/mol. The van der Waals surface area contributed by atoms with Crippen LogP contribution in [-0.2, 0) is 20.9 Å². The minimum Gasteiger partial charge on any atom is -0.350 e. The van der Waals surface area contributed by atoms with Crippen LogP contribution in [0.2, 0.25) is 0 Å². The SMILES string of the molecule is O=C(CN1CSCC1=O)NC1CC(=O)N(Cc2ccccc2)C1. The Kier molecular flexibility index (Phi) is 4.85. The van der Waals surface area contributed by atoms with Gasteiger partial charge in [0.25, 0.3) is 0 Å². The highest BCUT2D eigenvalue weighted by molar-refractivity contribution is 8.00. The number of rotatable bonds is 5. The Morgan fingerprint density at radius 2 is 1.96 bits per heavy atom. The molecular weight excluding hydrogens is 314 g/mol. The standard InChI is InChI=1S/C16H19N3O3S/c20-14(9-19-11-23-10-16(19)22)17-13-6-15(21)18(8-13)7-12-4-2-1-3-5-12/h1-5,13H,6-11H2,(H,17,20). The summed E-state index contributed by atoms with van der Waals surface area (Å²) < 4.78 is 0. The van der Waals surface area contributed by atoms with Crippen molar-refractivity contribution in [1.29, 1.82) is 0 Å². The minimum absolute atomic E-state index is 0.00153. The lowest BCUT2D eigenvalue weighted by atomic mass is 10.2. The van der Waals surface area contributed by atoms with Crippen LogP contribution < -0.4 is 5.32 Å². The van der Waals surface area contributed by atoms with E-state index in [9.17, 15) is 14.4 Å². The molecule has 23 heavy (non-hydrogen) atoms. The van der Waals surface area contributed by atoms with Crippen LogP contribution in [0.3, 0.4) is 0 Å². The van der Waals surface area contributed by atoms with Crippen molar-refractivity contribution >= 4 is 29.5 Å². The fourth-order valence-electron chi connectivity index (χ4n) is 2.81. The predicted octanol–water partition coefficient (Wildman–Crippen LogP) is 0.437. The Balaban J connectivity index is 1.49. The molecule has 1 atom stereocenters. The molecule has 2 aliphatic heterocycles. The maximum absolute atomic E-state index is 12.1. The smallest absolute Gasteiger partial charge is 0.239 e. The molecule has 6 nitrogen and oxygen atoms in total. The summed E-state index contributed by atoms with van der Waals surface area (Å²) in [7, 11) is 0. The highest BCUT2D eigenvalue weighted by Crippen LogP contribution is 2.16. The Morgan fingerprint density at radius 3 is 2.65 bits per heavy atom. The number of carbonyl (C=O) groups is 3. The molecule has 3 amide bonds. The molecule has 0 saturated carbocycles. The summed E-state index contributed by atoms with van der Waals surface area (Å²) in [5.41, 5.74) is 1.08. The fraction of sp³-hybridized carbons (Fsp3) is 0.438. The van der Waals surface area contributed by atoms with Gasteiger partial charge in [0.05, 0.1) is 17.7 Å². The van der Waals surface area contributed by atoms with Crippen LogP contribution in [0.25, 0.3) is 0 Å².